The van der Waals surface area contributed by atoms with Crippen LogP contribution < -0.4 is 10.9 Å². The van der Waals surface area contributed by atoms with Crippen LogP contribution in [-0.2, 0) is 6.54 Å². The van der Waals surface area contributed by atoms with Gasteiger partial charge in [-0.25, -0.2) is 4.79 Å². The van der Waals surface area contributed by atoms with Gasteiger partial charge in [0.1, 0.15) is 16.7 Å². The fourth-order valence-electron chi connectivity index (χ4n) is 3.12. The first-order chi connectivity index (χ1) is 13.5. The molecule has 140 valence electrons. The second kappa shape index (κ2) is 7.03. The highest BCUT2D eigenvalue weighted by atomic mass is 16.6. The maximum atomic E-state index is 12.5. The molecule has 4 rings (SSSR count). The molecule has 0 atom stereocenters. The predicted molar refractivity (Wildman–Crippen MR) is 105 cm³/mol. The zero-order chi connectivity index (χ0) is 19.7. The van der Waals surface area contributed by atoms with E-state index in [9.17, 15) is 14.9 Å². The number of benzene rings is 2. The van der Waals surface area contributed by atoms with Gasteiger partial charge in [-0.05, 0) is 18.1 Å². The Bertz CT molecular complexity index is 1220. The molecule has 0 spiro atoms. The van der Waals surface area contributed by atoms with Crippen molar-refractivity contribution in [1.82, 2.24) is 0 Å². The lowest BCUT2D eigenvalue weighted by molar-refractivity contribution is -0.384. The van der Waals surface area contributed by atoms with E-state index < -0.39 is 10.5 Å². The van der Waals surface area contributed by atoms with E-state index in [0.29, 0.717) is 34.9 Å². The van der Waals surface area contributed by atoms with Crippen molar-refractivity contribution in [2.24, 2.45) is 0 Å². The quantitative estimate of drug-likeness (QED) is 0.394. The second-order valence-electron chi connectivity index (χ2n) is 6.34. The maximum absolute atomic E-state index is 12.5. The Kier molecular flexibility index (Phi) is 4.41. The number of non-ortho nitro benzene ring substituents is 1. The number of hydrogen-bond acceptors (Lipinski definition) is 6. The molecule has 0 aliphatic carbocycles. The molecule has 0 unspecified atom stereocenters. The number of anilines is 1. The van der Waals surface area contributed by atoms with Crippen LogP contribution in [0.5, 0.6) is 0 Å². The summed E-state index contributed by atoms with van der Waals surface area (Å²) in [7, 11) is 0. The van der Waals surface area contributed by atoms with E-state index in [1.165, 1.54) is 12.1 Å². The van der Waals surface area contributed by atoms with Gasteiger partial charge in [0.05, 0.1) is 10.5 Å². The smallest absolute Gasteiger partial charge is 0.347 e. The zero-order valence-corrected chi connectivity index (χ0v) is 15.0. The van der Waals surface area contributed by atoms with Gasteiger partial charge in [0.2, 0.25) is 5.88 Å². The number of nitrogens with one attached hydrogen (secondary N) is 1. The number of hydrogen-bond donors (Lipinski definition) is 1. The molecule has 7 nitrogen and oxygen atoms in total. The Labute approximate surface area is 159 Å². The number of nitro benzene ring substituents is 1. The minimum Gasteiger partial charge on any atom is -0.440 e. The molecule has 0 aliphatic rings. The van der Waals surface area contributed by atoms with Crippen molar-refractivity contribution in [1.29, 1.82) is 0 Å². The van der Waals surface area contributed by atoms with Gasteiger partial charge in [-0.15, -0.1) is 0 Å². The Morgan fingerprint density at radius 1 is 1.04 bits per heavy atom. The number of nitrogens with zero attached hydrogens (tertiary/aromatic N) is 1. The van der Waals surface area contributed by atoms with Gasteiger partial charge in [-0.3, -0.25) is 10.1 Å². The van der Waals surface area contributed by atoms with Crippen LogP contribution in [0.15, 0.2) is 74.3 Å². The van der Waals surface area contributed by atoms with E-state index in [-0.39, 0.29) is 11.1 Å². The third-order valence-corrected chi connectivity index (χ3v) is 4.37. The minimum atomic E-state index is -0.548. The number of rotatable bonds is 5. The number of furan rings is 1. The molecular weight excluding hydrogens is 360 g/mol. The minimum absolute atomic E-state index is 0.0719. The average Bonchev–Trinajstić information content (AvgIpc) is 3.06. The van der Waals surface area contributed by atoms with Crippen LogP contribution >= 0.6 is 0 Å². The monoisotopic (exact) mass is 376 g/mol. The lowest BCUT2D eigenvalue weighted by Crippen LogP contribution is -2.02. The molecule has 2 heterocycles. The molecule has 0 amide bonds. The van der Waals surface area contributed by atoms with E-state index in [2.05, 4.69) is 5.32 Å². The van der Waals surface area contributed by atoms with Crippen molar-refractivity contribution in [3.05, 3.63) is 92.5 Å². The first-order valence-electron chi connectivity index (χ1n) is 8.63. The summed E-state index contributed by atoms with van der Waals surface area (Å²) in [6, 6.07) is 17.4. The molecule has 2 aromatic carbocycles. The van der Waals surface area contributed by atoms with E-state index in [1.54, 1.807) is 25.1 Å². The highest BCUT2D eigenvalue weighted by Crippen LogP contribution is 2.38. The van der Waals surface area contributed by atoms with Gasteiger partial charge in [-0.1, -0.05) is 42.5 Å². The van der Waals surface area contributed by atoms with E-state index in [1.807, 2.05) is 30.3 Å². The van der Waals surface area contributed by atoms with Gasteiger partial charge in [0.25, 0.3) is 5.69 Å². The van der Waals surface area contributed by atoms with Crippen LogP contribution in [0.2, 0.25) is 0 Å². The first-order valence-corrected chi connectivity index (χ1v) is 8.63. The fourth-order valence-corrected chi connectivity index (χ4v) is 3.12. The summed E-state index contributed by atoms with van der Waals surface area (Å²) in [6.07, 6.45) is 0. The highest BCUT2D eigenvalue weighted by Gasteiger charge is 2.22. The summed E-state index contributed by atoms with van der Waals surface area (Å²) in [5.41, 5.74) is 1.72. The third kappa shape index (κ3) is 3.25. The summed E-state index contributed by atoms with van der Waals surface area (Å²) in [6.45, 7) is 2.13. The molecule has 4 aromatic rings. The largest absolute Gasteiger partial charge is 0.440 e. The van der Waals surface area contributed by atoms with Crippen LogP contribution in [0.25, 0.3) is 22.1 Å². The molecule has 0 radical (unpaired) electrons. The Hall–Kier alpha value is -3.87. The van der Waals surface area contributed by atoms with Gasteiger partial charge in [0, 0.05) is 24.7 Å². The Balaban J connectivity index is 1.88. The lowest BCUT2D eigenvalue weighted by atomic mass is 10.0. The summed E-state index contributed by atoms with van der Waals surface area (Å²) in [5, 5.41) is 14.6. The van der Waals surface area contributed by atoms with Gasteiger partial charge in [-0.2, -0.15) is 0 Å². The van der Waals surface area contributed by atoms with Crippen LogP contribution in [0.4, 0.5) is 11.6 Å². The highest BCUT2D eigenvalue weighted by molar-refractivity contribution is 5.99. The molecule has 0 bridgehead atoms. The summed E-state index contributed by atoms with van der Waals surface area (Å²) in [4.78, 5) is 23.2. The van der Waals surface area contributed by atoms with Gasteiger partial charge < -0.3 is 14.2 Å². The standard InChI is InChI=1S/C21H16N2O5/c1-13-10-17-19(21(24)27-13)18(15-8-5-9-16(11-15)23(25)26)20(28-17)22-12-14-6-3-2-4-7-14/h2-11,22H,12H2,1H3. The molecular formula is C21H16N2O5. The van der Waals surface area contributed by atoms with E-state index >= 15 is 0 Å². The average molecular weight is 376 g/mol. The summed E-state index contributed by atoms with van der Waals surface area (Å²) >= 11 is 0. The summed E-state index contributed by atoms with van der Waals surface area (Å²) < 4.78 is 11.1. The van der Waals surface area contributed by atoms with E-state index in [4.69, 9.17) is 8.83 Å². The van der Waals surface area contributed by atoms with Crippen LogP contribution in [0.3, 0.4) is 0 Å². The van der Waals surface area contributed by atoms with Crippen molar-refractivity contribution in [2.75, 3.05) is 5.32 Å². The molecule has 1 N–H and O–H groups in total. The van der Waals surface area contributed by atoms with Crippen molar-refractivity contribution < 1.29 is 13.8 Å². The van der Waals surface area contributed by atoms with Crippen LogP contribution in [0.1, 0.15) is 11.3 Å². The molecule has 0 aliphatic heterocycles. The molecule has 0 fully saturated rings. The summed E-state index contributed by atoms with van der Waals surface area (Å²) in [5.74, 6) is 0.781. The predicted octanol–water partition coefficient (Wildman–Crippen LogP) is 4.88. The molecule has 2 aromatic heterocycles. The normalized spacial score (nSPS) is 10.9. The maximum Gasteiger partial charge on any atom is 0.347 e. The van der Waals surface area contributed by atoms with Crippen molar-refractivity contribution in [3.63, 3.8) is 0 Å². The fraction of sp³-hybridized carbons (Fsp3) is 0.0952. The SMILES string of the molecule is Cc1cc2oc(NCc3ccccc3)c(-c3cccc([N+](=O)[O-])c3)c2c(=O)o1. The second-order valence-corrected chi connectivity index (χ2v) is 6.34. The molecule has 28 heavy (non-hydrogen) atoms. The Morgan fingerprint density at radius 3 is 2.57 bits per heavy atom. The topological polar surface area (TPSA) is 98.5 Å². The van der Waals surface area contributed by atoms with Crippen molar-refractivity contribution in [2.45, 2.75) is 13.5 Å². The van der Waals surface area contributed by atoms with Gasteiger partial charge >= 0.3 is 5.63 Å². The van der Waals surface area contributed by atoms with Gasteiger partial charge in [0.15, 0.2) is 0 Å². The number of aryl methyl sites for hydroxylation is 1. The molecule has 0 saturated heterocycles. The lowest BCUT2D eigenvalue weighted by Gasteiger charge is -2.07. The molecule has 0 saturated carbocycles. The van der Waals surface area contributed by atoms with Crippen molar-refractivity contribution in [3.8, 4) is 11.1 Å². The van der Waals surface area contributed by atoms with Crippen LogP contribution in [-0.4, -0.2) is 4.92 Å². The van der Waals surface area contributed by atoms with Crippen molar-refractivity contribution >= 4 is 22.5 Å². The first kappa shape index (κ1) is 17.5. The Morgan fingerprint density at radius 2 is 1.82 bits per heavy atom. The third-order valence-electron chi connectivity index (χ3n) is 4.37. The van der Waals surface area contributed by atoms with E-state index in [0.717, 1.165) is 5.56 Å². The zero-order valence-electron chi connectivity index (χ0n) is 15.0. The van der Waals surface area contributed by atoms with Crippen LogP contribution in [0, 0.1) is 17.0 Å². The number of nitro groups is 1. The number of fused-ring (bicyclic) bond motifs is 1. The molecule has 7 heteroatoms.